The molecule has 1 atom stereocenters. The van der Waals surface area contributed by atoms with Crippen molar-refractivity contribution < 1.29 is 9.59 Å². The highest BCUT2D eigenvalue weighted by Gasteiger charge is 2.54. The number of nitrogens with zero attached hydrogens (tertiary/aromatic N) is 1. The number of piperazine rings is 1. The molecule has 2 rings (SSSR count). The molecule has 1 heterocycles. The predicted octanol–water partition coefficient (Wildman–Crippen LogP) is 2.25. The van der Waals surface area contributed by atoms with Gasteiger partial charge in [-0.25, -0.2) is 0 Å². The van der Waals surface area contributed by atoms with Gasteiger partial charge in [0.1, 0.15) is 11.6 Å². The van der Waals surface area contributed by atoms with E-state index in [-0.39, 0.29) is 17.2 Å². The van der Waals surface area contributed by atoms with Crippen molar-refractivity contribution in [1.29, 1.82) is 0 Å². The van der Waals surface area contributed by atoms with Gasteiger partial charge in [-0.05, 0) is 18.3 Å². The van der Waals surface area contributed by atoms with Gasteiger partial charge in [-0.15, -0.1) is 6.58 Å². The average Bonchev–Trinajstić information content (AvgIpc) is 2.39. The summed E-state index contributed by atoms with van der Waals surface area (Å²) in [7, 11) is 0. The summed E-state index contributed by atoms with van der Waals surface area (Å²) in [6.45, 7) is 10.2. The fraction of sp³-hybridized carbons (Fsp3) is 0.750. The lowest BCUT2D eigenvalue weighted by Crippen LogP contribution is -2.73. The molecule has 1 spiro atoms. The molecule has 1 aliphatic carbocycles. The van der Waals surface area contributed by atoms with Crippen molar-refractivity contribution in [3.63, 3.8) is 0 Å². The van der Waals surface area contributed by atoms with Gasteiger partial charge in [-0.3, -0.25) is 9.59 Å². The van der Waals surface area contributed by atoms with Crippen LogP contribution in [0.1, 0.15) is 52.9 Å². The third-order valence-corrected chi connectivity index (χ3v) is 4.59. The second-order valence-electron chi connectivity index (χ2n) is 7.10. The first-order valence-corrected chi connectivity index (χ1v) is 7.56. The minimum Gasteiger partial charge on any atom is -0.342 e. The topological polar surface area (TPSA) is 49.4 Å². The molecule has 1 saturated heterocycles. The number of carbonyl (C=O) groups is 2. The van der Waals surface area contributed by atoms with Crippen molar-refractivity contribution in [3.05, 3.63) is 12.7 Å². The molecular formula is C16H26N2O2. The van der Waals surface area contributed by atoms with Crippen molar-refractivity contribution in [2.45, 2.75) is 64.5 Å². The highest BCUT2D eigenvalue weighted by molar-refractivity contribution is 6.00. The number of amides is 2. The van der Waals surface area contributed by atoms with Gasteiger partial charge in [0.05, 0.1) is 0 Å². The van der Waals surface area contributed by atoms with E-state index in [1.165, 1.54) is 0 Å². The summed E-state index contributed by atoms with van der Waals surface area (Å²) in [5.41, 5.74) is -0.909. The standard InChI is InChI=1S/C16H26N2O2/c1-5-11-18-13(19)12(15(2,3)4)17-14(20)16(18)9-7-6-8-10-16/h5,12H,1,6-11H2,2-4H3,(H,17,20). The summed E-state index contributed by atoms with van der Waals surface area (Å²) in [5.74, 6) is 0.0671. The molecule has 0 aromatic rings. The number of hydrogen-bond donors (Lipinski definition) is 1. The number of carbonyl (C=O) groups excluding carboxylic acids is 2. The van der Waals surface area contributed by atoms with Gasteiger partial charge in [0.25, 0.3) is 0 Å². The molecule has 0 aromatic heterocycles. The molecular weight excluding hydrogens is 252 g/mol. The highest BCUT2D eigenvalue weighted by Crippen LogP contribution is 2.38. The summed E-state index contributed by atoms with van der Waals surface area (Å²) in [4.78, 5) is 27.3. The molecule has 1 aliphatic heterocycles. The molecule has 0 radical (unpaired) electrons. The zero-order valence-corrected chi connectivity index (χ0v) is 12.9. The van der Waals surface area contributed by atoms with E-state index in [0.29, 0.717) is 6.54 Å². The highest BCUT2D eigenvalue weighted by atomic mass is 16.2. The van der Waals surface area contributed by atoms with Crippen molar-refractivity contribution in [2.24, 2.45) is 5.41 Å². The first-order chi connectivity index (χ1) is 9.33. The van der Waals surface area contributed by atoms with Gasteiger partial charge in [-0.1, -0.05) is 46.1 Å². The second kappa shape index (κ2) is 5.23. The predicted molar refractivity (Wildman–Crippen MR) is 79.1 cm³/mol. The maximum absolute atomic E-state index is 12.8. The normalized spacial score (nSPS) is 26.6. The molecule has 2 fully saturated rings. The molecule has 1 N–H and O–H groups in total. The van der Waals surface area contributed by atoms with Gasteiger partial charge in [0.15, 0.2) is 0 Å². The molecule has 0 aromatic carbocycles. The molecule has 1 saturated carbocycles. The summed E-state index contributed by atoms with van der Waals surface area (Å²) in [5, 5.41) is 2.99. The summed E-state index contributed by atoms with van der Waals surface area (Å²) in [6, 6.07) is -0.442. The van der Waals surface area contributed by atoms with Crippen LogP contribution in [0, 0.1) is 5.41 Å². The van der Waals surface area contributed by atoms with Crippen LogP contribution in [0.5, 0.6) is 0 Å². The summed E-state index contributed by atoms with van der Waals surface area (Å²) >= 11 is 0. The smallest absolute Gasteiger partial charge is 0.246 e. The molecule has 4 nitrogen and oxygen atoms in total. The monoisotopic (exact) mass is 278 g/mol. The van der Waals surface area contributed by atoms with Gasteiger partial charge < -0.3 is 10.2 Å². The van der Waals surface area contributed by atoms with Gasteiger partial charge in [0, 0.05) is 6.54 Å². The van der Waals surface area contributed by atoms with E-state index < -0.39 is 11.6 Å². The Morgan fingerprint density at radius 2 is 1.90 bits per heavy atom. The molecule has 1 unspecified atom stereocenters. The van der Waals surface area contributed by atoms with Crippen LogP contribution in [0.25, 0.3) is 0 Å². The van der Waals surface area contributed by atoms with Crippen LogP contribution in [0.2, 0.25) is 0 Å². The quantitative estimate of drug-likeness (QED) is 0.788. The average molecular weight is 278 g/mol. The van der Waals surface area contributed by atoms with Crippen LogP contribution in [-0.4, -0.2) is 34.8 Å². The Morgan fingerprint density at radius 3 is 2.40 bits per heavy atom. The van der Waals surface area contributed by atoms with Crippen LogP contribution in [0.3, 0.4) is 0 Å². The van der Waals surface area contributed by atoms with Crippen LogP contribution < -0.4 is 5.32 Å². The minimum atomic E-state index is -0.634. The van der Waals surface area contributed by atoms with Crippen molar-refractivity contribution in [1.82, 2.24) is 10.2 Å². The van der Waals surface area contributed by atoms with Crippen molar-refractivity contribution >= 4 is 11.8 Å². The third-order valence-electron chi connectivity index (χ3n) is 4.59. The SMILES string of the molecule is C=CCN1C(=O)C(C(C)(C)C)NC(=O)C12CCCCC2. The number of rotatable bonds is 2. The van der Waals surface area contributed by atoms with Crippen LogP contribution in [-0.2, 0) is 9.59 Å². The largest absolute Gasteiger partial charge is 0.342 e. The number of hydrogen-bond acceptors (Lipinski definition) is 2. The van der Waals surface area contributed by atoms with Crippen LogP contribution in [0.4, 0.5) is 0 Å². The lowest BCUT2D eigenvalue weighted by Gasteiger charge is -2.51. The Morgan fingerprint density at radius 1 is 1.30 bits per heavy atom. The Bertz CT molecular complexity index is 417. The maximum atomic E-state index is 12.8. The Kier molecular flexibility index (Phi) is 3.94. The Balaban J connectivity index is 2.37. The molecule has 0 bridgehead atoms. The van der Waals surface area contributed by atoms with Crippen molar-refractivity contribution in [2.75, 3.05) is 6.54 Å². The van der Waals surface area contributed by atoms with E-state index in [9.17, 15) is 9.59 Å². The molecule has 2 amide bonds. The van der Waals surface area contributed by atoms with Crippen LogP contribution in [0.15, 0.2) is 12.7 Å². The number of nitrogens with one attached hydrogen (secondary N) is 1. The molecule has 20 heavy (non-hydrogen) atoms. The minimum absolute atomic E-state index is 0.0265. The van der Waals surface area contributed by atoms with E-state index in [4.69, 9.17) is 0 Å². The van der Waals surface area contributed by atoms with E-state index >= 15 is 0 Å². The maximum Gasteiger partial charge on any atom is 0.246 e. The van der Waals surface area contributed by atoms with E-state index in [1.54, 1.807) is 11.0 Å². The third kappa shape index (κ3) is 2.36. The second-order valence-corrected chi connectivity index (χ2v) is 7.10. The van der Waals surface area contributed by atoms with Gasteiger partial charge in [-0.2, -0.15) is 0 Å². The van der Waals surface area contributed by atoms with Gasteiger partial charge in [0.2, 0.25) is 11.8 Å². The molecule has 4 heteroatoms. The van der Waals surface area contributed by atoms with E-state index in [2.05, 4.69) is 11.9 Å². The zero-order chi connectivity index (χ0) is 15.0. The lowest BCUT2D eigenvalue weighted by atomic mass is 9.74. The van der Waals surface area contributed by atoms with E-state index in [0.717, 1.165) is 32.1 Å². The fourth-order valence-corrected chi connectivity index (χ4v) is 3.43. The summed E-state index contributed by atoms with van der Waals surface area (Å²) < 4.78 is 0. The van der Waals surface area contributed by atoms with Gasteiger partial charge >= 0.3 is 0 Å². The first-order valence-electron chi connectivity index (χ1n) is 7.56. The Labute approximate surface area is 121 Å². The van der Waals surface area contributed by atoms with E-state index in [1.807, 2.05) is 20.8 Å². The van der Waals surface area contributed by atoms with Crippen molar-refractivity contribution in [3.8, 4) is 0 Å². The first kappa shape index (κ1) is 15.1. The molecule has 112 valence electrons. The summed E-state index contributed by atoms with van der Waals surface area (Å²) in [6.07, 6.45) is 6.44. The Hall–Kier alpha value is -1.32. The molecule has 2 aliphatic rings. The lowest BCUT2D eigenvalue weighted by molar-refractivity contribution is -0.162. The zero-order valence-electron chi connectivity index (χ0n) is 12.9. The fourth-order valence-electron chi connectivity index (χ4n) is 3.43. The van der Waals surface area contributed by atoms with Crippen LogP contribution >= 0.6 is 0 Å².